The lowest BCUT2D eigenvalue weighted by molar-refractivity contribution is -0.149. The summed E-state index contributed by atoms with van der Waals surface area (Å²) in [5.41, 5.74) is 3.12. The monoisotopic (exact) mass is 468 g/mol. The van der Waals surface area contributed by atoms with Crippen LogP contribution in [0.3, 0.4) is 0 Å². The zero-order valence-corrected chi connectivity index (χ0v) is 19.8. The molecular formula is C31H32O4. The highest BCUT2D eigenvalue weighted by molar-refractivity contribution is 5.82. The lowest BCUT2D eigenvalue weighted by Crippen LogP contribution is -2.43. The Morgan fingerprint density at radius 1 is 0.629 bits per heavy atom. The number of hydrogen-bond acceptors (Lipinski definition) is 4. The number of fused-ring (bicyclic) bond motifs is 1. The molecule has 0 radical (unpaired) electrons. The Kier molecular flexibility index (Phi) is 9.21. The van der Waals surface area contributed by atoms with Crippen molar-refractivity contribution in [2.75, 3.05) is 6.61 Å². The van der Waals surface area contributed by atoms with Crippen LogP contribution in [-0.2, 0) is 34.0 Å². The van der Waals surface area contributed by atoms with Crippen LogP contribution in [0.2, 0.25) is 0 Å². The van der Waals surface area contributed by atoms with Gasteiger partial charge in [-0.2, -0.15) is 0 Å². The summed E-state index contributed by atoms with van der Waals surface area (Å²) in [4.78, 5) is 0. The van der Waals surface area contributed by atoms with Crippen molar-refractivity contribution in [3.05, 3.63) is 132 Å². The van der Waals surface area contributed by atoms with E-state index < -0.39 is 18.3 Å². The van der Waals surface area contributed by atoms with Gasteiger partial charge in [0, 0.05) is 0 Å². The number of ether oxygens (including phenoxy) is 3. The first kappa shape index (κ1) is 24.8. The van der Waals surface area contributed by atoms with Crippen LogP contribution in [0.5, 0.6) is 0 Å². The molecule has 35 heavy (non-hydrogen) atoms. The molecule has 180 valence electrons. The van der Waals surface area contributed by atoms with Crippen LogP contribution >= 0.6 is 0 Å². The predicted octanol–water partition coefficient (Wildman–Crippen LogP) is 6.07. The second-order valence-electron chi connectivity index (χ2n) is 8.47. The fraction of sp³-hybridized carbons (Fsp3) is 0.226. The van der Waals surface area contributed by atoms with Crippen LogP contribution in [-0.4, -0.2) is 30.0 Å². The minimum Gasteiger partial charge on any atom is -0.394 e. The molecule has 4 aromatic carbocycles. The number of rotatable bonds is 13. The van der Waals surface area contributed by atoms with Crippen molar-refractivity contribution >= 4 is 10.8 Å². The maximum Gasteiger partial charge on any atom is 0.116 e. The standard InChI is InChI=1S/C31H32O4/c1-2-29(33-23-26-17-18-27-15-9-10-16-28(27)19-26)31(35-22-25-13-7-4-8-14-25)30(20-32)34-21-24-11-5-3-6-12-24/h2-19,29-32H,1,20-23H2/t29-,30-,31-/m0/s1. The minimum absolute atomic E-state index is 0.198. The van der Waals surface area contributed by atoms with Crippen molar-refractivity contribution in [2.45, 2.75) is 38.1 Å². The summed E-state index contributed by atoms with van der Waals surface area (Å²) in [5.74, 6) is 0. The fourth-order valence-electron chi connectivity index (χ4n) is 4.03. The van der Waals surface area contributed by atoms with E-state index >= 15 is 0 Å². The Morgan fingerprint density at radius 3 is 1.83 bits per heavy atom. The molecule has 0 spiro atoms. The van der Waals surface area contributed by atoms with E-state index in [2.05, 4.69) is 36.9 Å². The number of benzene rings is 4. The van der Waals surface area contributed by atoms with Crippen LogP contribution in [0.25, 0.3) is 10.8 Å². The summed E-state index contributed by atoms with van der Waals surface area (Å²) in [6, 6.07) is 34.4. The topological polar surface area (TPSA) is 47.9 Å². The third-order valence-corrected chi connectivity index (χ3v) is 5.95. The van der Waals surface area contributed by atoms with Gasteiger partial charge in [-0.3, -0.25) is 0 Å². The Balaban J connectivity index is 1.48. The van der Waals surface area contributed by atoms with Gasteiger partial charge >= 0.3 is 0 Å². The van der Waals surface area contributed by atoms with Gasteiger partial charge in [0.25, 0.3) is 0 Å². The van der Waals surface area contributed by atoms with Gasteiger partial charge in [-0.05, 0) is 33.5 Å². The normalized spacial score (nSPS) is 13.9. The van der Waals surface area contributed by atoms with E-state index in [4.69, 9.17) is 14.2 Å². The van der Waals surface area contributed by atoms with Crippen molar-refractivity contribution in [2.24, 2.45) is 0 Å². The van der Waals surface area contributed by atoms with Gasteiger partial charge in [0.1, 0.15) is 18.3 Å². The summed E-state index contributed by atoms with van der Waals surface area (Å²) in [6.45, 7) is 4.93. The molecule has 4 rings (SSSR count). The molecule has 4 heteroatoms. The summed E-state index contributed by atoms with van der Waals surface area (Å²) in [5, 5.41) is 12.6. The fourth-order valence-corrected chi connectivity index (χ4v) is 4.03. The molecule has 1 N–H and O–H groups in total. The first-order valence-electron chi connectivity index (χ1n) is 11.9. The third kappa shape index (κ3) is 7.10. The zero-order valence-electron chi connectivity index (χ0n) is 19.8. The highest BCUT2D eigenvalue weighted by Gasteiger charge is 2.30. The van der Waals surface area contributed by atoms with Gasteiger partial charge in [0.05, 0.1) is 26.4 Å². The number of hydrogen-bond donors (Lipinski definition) is 1. The highest BCUT2D eigenvalue weighted by Crippen LogP contribution is 2.21. The van der Waals surface area contributed by atoms with Crippen molar-refractivity contribution in [3.8, 4) is 0 Å². The molecule has 0 unspecified atom stereocenters. The van der Waals surface area contributed by atoms with Gasteiger partial charge < -0.3 is 19.3 Å². The van der Waals surface area contributed by atoms with E-state index in [9.17, 15) is 5.11 Å². The van der Waals surface area contributed by atoms with E-state index in [1.54, 1.807) is 6.08 Å². The molecule has 0 aliphatic rings. The van der Waals surface area contributed by atoms with E-state index in [-0.39, 0.29) is 6.61 Å². The Labute approximate surface area is 207 Å². The van der Waals surface area contributed by atoms with E-state index in [0.717, 1.165) is 16.7 Å². The zero-order chi connectivity index (χ0) is 24.3. The maximum absolute atomic E-state index is 10.2. The van der Waals surface area contributed by atoms with Crippen molar-refractivity contribution in [1.29, 1.82) is 0 Å². The molecule has 0 saturated carbocycles. The summed E-state index contributed by atoms with van der Waals surface area (Å²) < 4.78 is 18.7. The first-order valence-corrected chi connectivity index (χ1v) is 11.9. The van der Waals surface area contributed by atoms with E-state index in [1.807, 2.05) is 72.8 Å². The van der Waals surface area contributed by atoms with E-state index in [1.165, 1.54) is 10.8 Å². The predicted molar refractivity (Wildman–Crippen MR) is 140 cm³/mol. The average Bonchev–Trinajstić information content (AvgIpc) is 2.92. The maximum atomic E-state index is 10.2. The van der Waals surface area contributed by atoms with Gasteiger partial charge in [-0.15, -0.1) is 6.58 Å². The summed E-state index contributed by atoms with van der Waals surface area (Å²) in [7, 11) is 0. The lowest BCUT2D eigenvalue weighted by Gasteiger charge is -2.31. The summed E-state index contributed by atoms with van der Waals surface area (Å²) >= 11 is 0. The van der Waals surface area contributed by atoms with Crippen LogP contribution in [0.4, 0.5) is 0 Å². The second kappa shape index (κ2) is 13.0. The van der Waals surface area contributed by atoms with Gasteiger partial charge in [0.2, 0.25) is 0 Å². The molecule has 0 bridgehead atoms. The molecule has 0 aliphatic carbocycles. The molecule has 0 aromatic heterocycles. The Bertz CT molecular complexity index is 1180. The van der Waals surface area contributed by atoms with Crippen LogP contribution < -0.4 is 0 Å². The lowest BCUT2D eigenvalue weighted by atomic mass is 10.1. The van der Waals surface area contributed by atoms with Gasteiger partial charge in [-0.1, -0.05) is 103 Å². The van der Waals surface area contributed by atoms with Gasteiger partial charge in [0.15, 0.2) is 0 Å². The second-order valence-corrected chi connectivity index (χ2v) is 8.47. The Morgan fingerprint density at radius 2 is 1.20 bits per heavy atom. The molecule has 0 aliphatic heterocycles. The SMILES string of the molecule is C=C[C@H](OCc1ccc2ccccc2c1)[C@H](OCc1ccccc1)[C@H](CO)OCc1ccccc1. The molecule has 0 heterocycles. The minimum atomic E-state index is -0.585. The van der Waals surface area contributed by atoms with Crippen molar-refractivity contribution in [3.63, 3.8) is 0 Å². The van der Waals surface area contributed by atoms with E-state index in [0.29, 0.717) is 19.8 Å². The number of aliphatic hydroxyl groups excluding tert-OH is 1. The number of aliphatic hydroxyl groups is 1. The largest absolute Gasteiger partial charge is 0.394 e. The third-order valence-electron chi connectivity index (χ3n) is 5.95. The first-order chi connectivity index (χ1) is 17.3. The van der Waals surface area contributed by atoms with Crippen LogP contribution in [0.1, 0.15) is 16.7 Å². The molecule has 0 amide bonds. The molecule has 0 saturated heterocycles. The quantitative estimate of drug-likeness (QED) is 0.242. The van der Waals surface area contributed by atoms with Crippen molar-refractivity contribution in [1.82, 2.24) is 0 Å². The van der Waals surface area contributed by atoms with Crippen LogP contribution in [0.15, 0.2) is 116 Å². The van der Waals surface area contributed by atoms with Crippen LogP contribution in [0, 0.1) is 0 Å². The molecular weight excluding hydrogens is 436 g/mol. The molecule has 3 atom stereocenters. The molecule has 4 aromatic rings. The van der Waals surface area contributed by atoms with Gasteiger partial charge in [-0.25, -0.2) is 0 Å². The molecule has 0 fully saturated rings. The molecule has 4 nitrogen and oxygen atoms in total. The summed E-state index contributed by atoms with van der Waals surface area (Å²) in [6.07, 6.45) is 0.129. The highest BCUT2D eigenvalue weighted by atomic mass is 16.6. The average molecular weight is 469 g/mol. The Hall–Kier alpha value is -3.28. The smallest absolute Gasteiger partial charge is 0.116 e. The van der Waals surface area contributed by atoms with Crippen molar-refractivity contribution < 1.29 is 19.3 Å².